The Labute approximate surface area is 111 Å². The lowest BCUT2D eigenvalue weighted by molar-refractivity contribution is -0.139. The van der Waals surface area contributed by atoms with Gasteiger partial charge in [0, 0.05) is 0 Å². The predicted molar refractivity (Wildman–Crippen MR) is 70.6 cm³/mol. The van der Waals surface area contributed by atoms with Crippen LogP contribution in [0.15, 0.2) is 29.4 Å². The molecule has 2 aliphatic rings. The second kappa shape index (κ2) is 4.22. The molecule has 2 unspecified atom stereocenters. The van der Waals surface area contributed by atoms with E-state index in [-0.39, 0.29) is 17.7 Å². The summed E-state index contributed by atoms with van der Waals surface area (Å²) >= 11 is 0. The summed E-state index contributed by atoms with van der Waals surface area (Å²) in [6.45, 7) is 5.46. The van der Waals surface area contributed by atoms with Crippen molar-refractivity contribution in [1.29, 1.82) is 0 Å². The number of amides is 1. The van der Waals surface area contributed by atoms with E-state index < -0.39 is 17.0 Å². The van der Waals surface area contributed by atoms with Gasteiger partial charge in [0.25, 0.3) is 5.91 Å². The van der Waals surface area contributed by atoms with Crippen molar-refractivity contribution in [3.05, 3.63) is 24.4 Å². The Morgan fingerprint density at radius 1 is 1.42 bits per heavy atom. The van der Waals surface area contributed by atoms with Gasteiger partial charge in [0.15, 0.2) is 0 Å². The minimum absolute atomic E-state index is 0.0287. The van der Waals surface area contributed by atoms with Crippen LogP contribution >= 0.6 is 0 Å². The van der Waals surface area contributed by atoms with Gasteiger partial charge in [-0.3, -0.25) is 9.79 Å². The van der Waals surface area contributed by atoms with Crippen molar-refractivity contribution in [1.82, 2.24) is 10.6 Å². The molecule has 2 rings (SSSR count). The fourth-order valence-corrected chi connectivity index (χ4v) is 1.99. The van der Waals surface area contributed by atoms with Crippen LogP contribution < -0.4 is 10.6 Å². The van der Waals surface area contributed by atoms with E-state index in [2.05, 4.69) is 15.6 Å². The third-order valence-corrected chi connectivity index (χ3v) is 3.74. The molecule has 6 nitrogen and oxygen atoms in total. The smallest absolute Gasteiger partial charge is 0.341 e. The van der Waals surface area contributed by atoms with Gasteiger partial charge in [0.2, 0.25) is 5.54 Å². The van der Waals surface area contributed by atoms with E-state index in [9.17, 15) is 14.7 Å². The standard InChI is InChI=1S/C13H17N3O3/c1-8(2)12(3)10(17)15-9(16-12)13(11(18)19)6-4-5-7-14-13/h4-8,14H,1-3H3,(H,18,19)(H,15,16,17). The lowest BCUT2D eigenvalue weighted by Crippen LogP contribution is -2.59. The highest BCUT2D eigenvalue weighted by Crippen LogP contribution is 2.29. The fraction of sp³-hybridized carbons (Fsp3) is 0.462. The Balaban J connectivity index is 2.47. The second-order valence-electron chi connectivity index (χ2n) is 5.19. The highest BCUT2D eigenvalue weighted by atomic mass is 16.4. The SMILES string of the molecule is CC(C)C1(C)N=C(C2(C(=O)O)C=CC=CN2)NC1=O. The quantitative estimate of drug-likeness (QED) is 0.688. The van der Waals surface area contributed by atoms with Gasteiger partial charge in [0.1, 0.15) is 11.4 Å². The van der Waals surface area contributed by atoms with Crippen LogP contribution in [0.1, 0.15) is 20.8 Å². The Morgan fingerprint density at radius 3 is 2.53 bits per heavy atom. The van der Waals surface area contributed by atoms with Gasteiger partial charge < -0.3 is 15.7 Å². The third kappa shape index (κ3) is 1.83. The summed E-state index contributed by atoms with van der Waals surface area (Å²) in [5, 5.41) is 14.8. The van der Waals surface area contributed by atoms with Crippen LogP contribution in [0.25, 0.3) is 0 Å². The van der Waals surface area contributed by atoms with Crippen LogP contribution in [0.4, 0.5) is 0 Å². The molecule has 102 valence electrons. The first-order valence-corrected chi connectivity index (χ1v) is 6.10. The number of amidine groups is 1. The van der Waals surface area contributed by atoms with Crippen LogP contribution in [0.3, 0.4) is 0 Å². The Hall–Kier alpha value is -2.11. The number of carboxylic acid groups (broad SMARTS) is 1. The maximum absolute atomic E-state index is 12.1. The molecule has 2 atom stereocenters. The predicted octanol–water partition coefficient (Wildman–Crippen LogP) is 0.426. The van der Waals surface area contributed by atoms with Crippen LogP contribution in [0, 0.1) is 5.92 Å². The molecule has 0 saturated carbocycles. The molecular weight excluding hydrogens is 246 g/mol. The number of hydrogen-bond donors (Lipinski definition) is 3. The lowest BCUT2D eigenvalue weighted by Gasteiger charge is -2.28. The first kappa shape index (κ1) is 13.3. The van der Waals surface area contributed by atoms with Gasteiger partial charge in [-0.15, -0.1) is 0 Å². The lowest BCUT2D eigenvalue weighted by atomic mass is 9.89. The molecule has 19 heavy (non-hydrogen) atoms. The summed E-state index contributed by atoms with van der Waals surface area (Å²) < 4.78 is 0. The monoisotopic (exact) mass is 263 g/mol. The molecule has 0 fully saturated rings. The number of carbonyl (C=O) groups is 2. The van der Waals surface area contributed by atoms with Gasteiger partial charge in [-0.25, -0.2) is 4.79 Å². The van der Waals surface area contributed by atoms with Gasteiger partial charge in [0.05, 0.1) is 0 Å². The molecular formula is C13H17N3O3. The van der Waals surface area contributed by atoms with Crippen molar-refractivity contribution in [2.45, 2.75) is 31.8 Å². The Kier molecular flexibility index (Phi) is 2.96. The Bertz CT molecular complexity index is 521. The van der Waals surface area contributed by atoms with Gasteiger partial charge in [-0.05, 0) is 31.2 Å². The van der Waals surface area contributed by atoms with Gasteiger partial charge >= 0.3 is 5.97 Å². The molecule has 0 spiro atoms. The van der Waals surface area contributed by atoms with Gasteiger partial charge in [-0.2, -0.15) is 0 Å². The van der Waals surface area contributed by atoms with E-state index in [1.807, 2.05) is 13.8 Å². The Morgan fingerprint density at radius 2 is 2.11 bits per heavy atom. The maximum atomic E-state index is 12.1. The van der Waals surface area contributed by atoms with Crippen molar-refractivity contribution in [3.63, 3.8) is 0 Å². The van der Waals surface area contributed by atoms with Crippen LogP contribution in [-0.2, 0) is 9.59 Å². The van der Waals surface area contributed by atoms with Crippen molar-refractivity contribution in [3.8, 4) is 0 Å². The molecule has 0 aliphatic carbocycles. The number of carbonyl (C=O) groups excluding carboxylic acids is 1. The zero-order chi connectivity index (χ0) is 14.3. The highest BCUT2D eigenvalue weighted by molar-refractivity contribution is 6.21. The zero-order valence-electron chi connectivity index (χ0n) is 11.1. The highest BCUT2D eigenvalue weighted by Gasteiger charge is 2.51. The van der Waals surface area contributed by atoms with Crippen LogP contribution in [-0.4, -0.2) is 33.9 Å². The largest absolute Gasteiger partial charge is 0.479 e. The number of carboxylic acids is 1. The first-order chi connectivity index (χ1) is 8.83. The minimum Gasteiger partial charge on any atom is -0.479 e. The number of rotatable bonds is 3. The number of dihydropyridines is 1. The summed E-state index contributed by atoms with van der Waals surface area (Å²) in [6, 6.07) is 0. The second-order valence-corrected chi connectivity index (χ2v) is 5.19. The van der Waals surface area contributed by atoms with Crippen molar-refractivity contribution in [2.75, 3.05) is 0 Å². The molecule has 0 saturated heterocycles. The van der Waals surface area contributed by atoms with Crippen molar-refractivity contribution >= 4 is 17.7 Å². The van der Waals surface area contributed by atoms with E-state index >= 15 is 0 Å². The number of allylic oxidation sites excluding steroid dienone is 2. The summed E-state index contributed by atoms with van der Waals surface area (Å²) in [5.74, 6) is -1.29. The molecule has 1 amide bonds. The molecule has 0 aromatic rings. The molecule has 2 heterocycles. The van der Waals surface area contributed by atoms with Crippen LogP contribution in [0.2, 0.25) is 0 Å². The molecule has 2 aliphatic heterocycles. The molecule has 0 aromatic heterocycles. The van der Waals surface area contributed by atoms with Gasteiger partial charge in [-0.1, -0.05) is 19.9 Å². The minimum atomic E-state index is -1.50. The first-order valence-electron chi connectivity index (χ1n) is 6.10. The van der Waals surface area contributed by atoms with Crippen molar-refractivity contribution < 1.29 is 14.7 Å². The van der Waals surface area contributed by atoms with E-state index in [0.29, 0.717) is 0 Å². The molecule has 0 aromatic carbocycles. The zero-order valence-corrected chi connectivity index (χ0v) is 11.1. The number of hydrogen-bond acceptors (Lipinski definition) is 4. The third-order valence-electron chi connectivity index (χ3n) is 3.74. The fourth-order valence-electron chi connectivity index (χ4n) is 1.99. The summed E-state index contributed by atoms with van der Waals surface area (Å²) in [5.41, 5.74) is -2.44. The molecule has 0 radical (unpaired) electrons. The molecule has 6 heteroatoms. The maximum Gasteiger partial charge on any atom is 0.341 e. The number of nitrogens with zero attached hydrogens (tertiary/aromatic N) is 1. The van der Waals surface area contributed by atoms with E-state index in [1.165, 1.54) is 12.3 Å². The summed E-state index contributed by atoms with van der Waals surface area (Å²) in [4.78, 5) is 28.0. The number of aliphatic imine (C=N–C) groups is 1. The number of nitrogens with one attached hydrogen (secondary N) is 2. The average Bonchev–Trinajstić information content (AvgIpc) is 2.68. The summed E-state index contributed by atoms with van der Waals surface area (Å²) in [6.07, 6.45) is 6.29. The normalized spacial score (nSPS) is 33.1. The average molecular weight is 263 g/mol. The molecule has 0 bridgehead atoms. The van der Waals surface area contributed by atoms with Crippen molar-refractivity contribution in [2.24, 2.45) is 10.9 Å². The van der Waals surface area contributed by atoms with E-state index in [4.69, 9.17) is 0 Å². The number of aliphatic carboxylic acids is 1. The summed E-state index contributed by atoms with van der Waals surface area (Å²) in [7, 11) is 0. The molecule has 3 N–H and O–H groups in total. The van der Waals surface area contributed by atoms with E-state index in [0.717, 1.165) is 0 Å². The van der Waals surface area contributed by atoms with E-state index in [1.54, 1.807) is 19.1 Å². The van der Waals surface area contributed by atoms with Crippen LogP contribution in [0.5, 0.6) is 0 Å². The topological polar surface area (TPSA) is 90.8 Å².